The van der Waals surface area contributed by atoms with Crippen LogP contribution in [0, 0.1) is 0 Å². The molecule has 0 fully saturated rings. The minimum Gasteiger partial charge on any atom is -0.207 e. The maximum absolute atomic E-state index is 12.6. The molecule has 0 saturated heterocycles. The van der Waals surface area contributed by atoms with Crippen LogP contribution in [0.5, 0.6) is 0 Å². The molecular formula is C12H16ClN3O2S2. The Balaban J connectivity index is 2.48. The van der Waals surface area contributed by atoms with Crippen molar-refractivity contribution in [2.75, 3.05) is 5.88 Å². The Morgan fingerprint density at radius 2 is 2.00 bits per heavy atom. The van der Waals surface area contributed by atoms with E-state index in [-0.39, 0.29) is 10.8 Å². The molecule has 2 aromatic rings. The van der Waals surface area contributed by atoms with Gasteiger partial charge in [-0.3, -0.25) is 0 Å². The molecule has 0 unspecified atom stereocenters. The van der Waals surface area contributed by atoms with Crippen molar-refractivity contribution in [1.29, 1.82) is 0 Å². The van der Waals surface area contributed by atoms with E-state index in [0.717, 1.165) is 11.7 Å². The van der Waals surface area contributed by atoms with Crippen LogP contribution in [0.4, 0.5) is 0 Å². The van der Waals surface area contributed by atoms with Gasteiger partial charge in [0.2, 0.25) is 10.0 Å². The highest BCUT2D eigenvalue weighted by molar-refractivity contribution is 7.89. The molecule has 1 aromatic carbocycles. The molecule has 8 heteroatoms. The second-order valence-electron chi connectivity index (χ2n) is 4.61. The predicted molar refractivity (Wildman–Crippen MR) is 81.8 cm³/mol. The fraction of sp³-hybridized carbons (Fsp3) is 0.500. The van der Waals surface area contributed by atoms with Crippen LogP contribution in [-0.2, 0) is 10.0 Å². The number of fused-ring (bicyclic) bond motifs is 1. The summed E-state index contributed by atoms with van der Waals surface area (Å²) < 4.78 is 36.1. The summed E-state index contributed by atoms with van der Waals surface area (Å²) in [5.74, 6) is 0.227. The lowest BCUT2D eigenvalue weighted by Crippen LogP contribution is -2.49. The van der Waals surface area contributed by atoms with E-state index < -0.39 is 15.6 Å². The Morgan fingerprint density at radius 3 is 2.60 bits per heavy atom. The lowest BCUT2D eigenvalue weighted by Gasteiger charge is -2.30. The third-order valence-electron chi connectivity index (χ3n) is 3.50. The van der Waals surface area contributed by atoms with E-state index >= 15 is 0 Å². The molecule has 0 spiro atoms. The van der Waals surface area contributed by atoms with Crippen LogP contribution in [0.3, 0.4) is 0 Å². The molecule has 0 amide bonds. The first kappa shape index (κ1) is 15.6. The summed E-state index contributed by atoms with van der Waals surface area (Å²) in [4.78, 5) is 0.153. The number of aromatic nitrogens is 2. The topological polar surface area (TPSA) is 72.0 Å². The first-order valence-electron chi connectivity index (χ1n) is 6.29. The van der Waals surface area contributed by atoms with Crippen molar-refractivity contribution in [3.8, 4) is 0 Å². The average molecular weight is 334 g/mol. The van der Waals surface area contributed by atoms with Crippen molar-refractivity contribution in [3.05, 3.63) is 18.2 Å². The summed E-state index contributed by atoms with van der Waals surface area (Å²) in [6.45, 7) is 3.83. The van der Waals surface area contributed by atoms with Crippen LogP contribution in [0.1, 0.15) is 26.7 Å². The van der Waals surface area contributed by atoms with Gasteiger partial charge in [0.05, 0.1) is 11.7 Å². The number of hydrogen-bond acceptors (Lipinski definition) is 5. The summed E-state index contributed by atoms with van der Waals surface area (Å²) in [6, 6.07) is 4.95. The Kier molecular flexibility index (Phi) is 4.63. The molecule has 2 rings (SSSR count). The summed E-state index contributed by atoms with van der Waals surface area (Å²) in [6.07, 6.45) is 1.25. The molecule has 0 radical (unpaired) electrons. The normalized spacial score (nSPS) is 12.9. The third-order valence-corrected chi connectivity index (χ3v) is 6.16. The van der Waals surface area contributed by atoms with Crippen molar-refractivity contribution < 1.29 is 8.42 Å². The molecule has 0 aliphatic rings. The highest BCUT2D eigenvalue weighted by atomic mass is 35.5. The van der Waals surface area contributed by atoms with E-state index in [0.29, 0.717) is 23.9 Å². The van der Waals surface area contributed by atoms with Gasteiger partial charge < -0.3 is 0 Å². The van der Waals surface area contributed by atoms with E-state index in [4.69, 9.17) is 11.6 Å². The summed E-state index contributed by atoms with van der Waals surface area (Å²) in [5, 5.41) is 0. The van der Waals surface area contributed by atoms with E-state index in [2.05, 4.69) is 13.5 Å². The van der Waals surface area contributed by atoms with Gasteiger partial charge in [0.25, 0.3) is 0 Å². The lowest BCUT2D eigenvalue weighted by molar-refractivity contribution is 0.394. The van der Waals surface area contributed by atoms with Crippen molar-refractivity contribution in [3.63, 3.8) is 0 Å². The van der Waals surface area contributed by atoms with Crippen molar-refractivity contribution >= 4 is 44.4 Å². The number of nitrogens with zero attached hydrogens (tertiary/aromatic N) is 2. The van der Waals surface area contributed by atoms with E-state index in [9.17, 15) is 8.42 Å². The molecule has 5 nitrogen and oxygen atoms in total. The molecule has 110 valence electrons. The van der Waals surface area contributed by atoms with Gasteiger partial charge in [-0.25, -0.2) is 13.1 Å². The van der Waals surface area contributed by atoms with Gasteiger partial charge in [0.15, 0.2) is 0 Å². The molecule has 1 aromatic heterocycles. The predicted octanol–water partition coefficient (Wildman–Crippen LogP) is 2.77. The van der Waals surface area contributed by atoms with E-state index in [1.165, 1.54) is 6.07 Å². The quantitative estimate of drug-likeness (QED) is 0.825. The Labute approximate surface area is 127 Å². The highest BCUT2D eigenvalue weighted by Crippen LogP contribution is 2.25. The van der Waals surface area contributed by atoms with Crippen LogP contribution in [0.25, 0.3) is 11.0 Å². The van der Waals surface area contributed by atoms with Crippen LogP contribution < -0.4 is 4.72 Å². The largest absolute Gasteiger partial charge is 0.243 e. The molecule has 0 atom stereocenters. The summed E-state index contributed by atoms with van der Waals surface area (Å²) in [5.41, 5.74) is 0.356. The molecule has 20 heavy (non-hydrogen) atoms. The van der Waals surface area contributed by atoms with Gasteiger partial charge in [-0.05, 0) is 25.0 Å². The highest BCUT2D eigenvalue weighted by Gasteiger charge is 2.32. The monoisotopic (exact) mass is 333 g/mol. The zero-order valence-electron chi connectivity index (χ0n) is 11.3. The van der Waals surface area contributed by atoms with Gasteiger partial charge in [-0.2, -0.15) is 8.75 Å². The van der Waals surface area contributed by atoms with Crippen molar-refractivity contribution in [2.45, 2.75) is 37.1 Å². The first-order chi connectivity index (χ1) is 9.48. The molecule has 0 bridgehead atoms. The zero-order valence-corrected chi connectivity index (χ0v) is 13.6. The Morgan fingerprint density at radius 1 is 1.30 bits per heavy atom. The van der Waals surface area contributed by atoms with Crippen molar-refractivity contribution in [2.24, 2.45) is 0 Å². The van der Waals surface area contributed by atoms with Gasteiger partial charge in [0.1, 0.15) is 15.9 Å². The number of halogens is 1. The summed E-state index contributed by atoms with van der Waals surface area (Å²) >= 11 is 6.96. The lowest BCUT2D eigenvalue weighted by atomic mass is 9.97. The zero-order chi connectivity index (χ0) is 14.8. The SMILES string of the molecule is CCC(CC)(CCl)NS(=O)(=O)c1cccc2nsnc12. The number of alkyl halides is 1. The fourth-order valence-electron chi connectivity index (χ4n) is 1.95. The molecule has 0 saturated carbocycles. The Hall–Kier alpha value is -0.760. The maximum atomic E-state index is 12.6. The number of hydrogen-bond donors (Lipinski definition) is 1. The second-order valence-corrected chi connectivity index (χ2v) is 7.06. The minimum atomic E-state index is -3.68. The number of nitrogens with one attached hydrogen (secondary N) is 1. The van der Waals surface area contributed by atoms with Crippen LogP contribution in [0.15, 0.2) is 23.1 Å². The standard InChI is InChI=1S/C12H16ClN3O2S2/c1-3-12(4-2,8-13)16-20(17,18)10-7-5-6-9-11(10)15-19-14-9/h5-7,16H,3-4,8H2,1-2H3. The molecule has 0 aliphatic heterocycles. The smallest absolute Gasteiger partial charge is 0.207 e. The van der Waals surface area contributed by atoms with Gasteiger partial charge in [-0.1, -0.05) is 19.9 Å². The molecule has 1 heterocycles. The van der Waals surface area contributed by atoms with Gasteiger partial charge in [-0.15, -0.1) is 11.6 Å². The average Bonchev–Trinajstić information content (AvgIpc) is 2.93. The number of sulfonamides is 1. The Bertz CT molecular complexity index is 687. The van der Waals surface area contributed by atoms with Crippen molar-refractivity contribution in [1.82, 2.24) is 13.5 Å². The van der Waals surface area contributed by atoms with Crippen LogP contribution in [-0.4, -0.2) is 28.6 Å². The van der Waals surface area contributed by atoms with Gasteiger partial charge >= 0.3 is 0 Å². The minimum absolute atomic E-state index is 0.153. The molecule has 0 aliphatic carbocycles. The number of rotatable bonds is 6. The fourth-order valence-corrected chi connectivity index (χ4v) is 4.78. The third kappa shape index (κ3) is 2.81. The van der Waals surface area contributed by atoms with Gasteiger partial charge in [0, 0.05) is 11.4 Å². The first-order valence-corrected chi connectivity index (χ1v) is 9.04. The number of benzene rings is 1. The summed E-state index contributed by atoms with van der Waals surface area (Å²) in [7, 11) is -3.68. The van der Waals surface area contributed by atoms with E-state index in [1.54, 1.807) is 12.1 Å². The van der Waals surface area contributed by atoms with E-state index in [1.807, 2.05) is 13.8 Å². The van der Waals surface area contributed by atoms with Crippen LogP contribution >= 0.6 is 23.3 Å². The molecule has 1 N–H and O–H groups in total. The van der Waals surface area contributed by atoms with Crippen LogP contribution in [0.2, 0.25) is 0 Å². The maximum Gasteiger partial charge on any atom is 0.243 e. The molecular weight excluding hydrogens is 318 g/mol. The second kappa shape index (κ2) is 5.93.